The number of nitrogens with zero attached hydrogens (tertiary/aromatic N) is 3. The molecule has 1 heterocycles. The summed E-state index contributed by atoms with van der Waals surface area (Å²) >= 11 is 3.37. The lowest BCUT2D eigenvalue weighted by atomic mass is 10.1. The third-order valence-corrected chi connectivity index (χ3v) is 3.32. The van der Waals surface area contributed by atoms with E-state index in [0.29, 0.717) is 5.33 Å². The van der Waals surface area contributed by atoms with Crippen molar-refractivity contribution >= 4 is 21.6 Å². The molecule has 0 spiro atoms. The number of aromatic nitrogens is 2. The Morgan fingerprint density at radius 3 is 2.89 bits per heavy atom. The lowest BCUT2D eigenvalue weighted by Gasteiger charge is -2.10. The van der Waals surface area contributed by atoms with Gasteiger partial charge in [0.25, 0.3) is 5.69 Å². The van der Waals surface area contributed by atoms with Gasteiger partial charge >= 0.3 is 0 Å². The number of aryl methyl sites for hydroxylation is 1. The van der Waals surface area contributed by atoms with E-state index in [9.17, 15) is 10.1 Å². The Bertz CT molecular complexity index is 580. The molecule has 18 heavy (non-hydrogen) atoms. The molecule has 2 rings (SSSR count). The van der Waals surface area contributed by atoms with Gasteiger partial charge in [-0.3, -0.25) is 10.1 Å². The molecule has 0 saturated carbocycles. The number of hydrogen-bond acceptors (Lipinski definition) is 3. The van der Waals surface area contributed by atoms with Crippen LogP contribution in [0.2, 0.25) is 0 Å². The van der Waals surface area contributed by atoms with Crippen LogP contribution in [-0.4, -0.2) is 14.5 Å². The van der Waals surface area contributed by atoms with Crippen LogP contribution in [0.1, 0.15) is 18.3 Å². The van der Waals surface area contributed by atoms with Crippen LogP contribution in [0.15, 0.2) is 30.6 Å². The molecule has 6 heteroatoms. The molecule has 0 amide bonds. The average Bonchev–Trinajstić information content (AvgIpc) is 2.85. The molecular weight excluding hydrogens is 298 g/mol. The molecule has 1 aromatic carbocycles. The molecule has 0 radical (unpaired) electrons. The SMILES string of the molecule is CCc1nccn1-c1ccc([N+](=O)[O-])cc1CBr. The molecule has 0 fully saturated rings. The van der Waals surface area contributed by atoms with E-state index < -0.39 is 0 Å². The van der Waals surface area contributed by atoms with E-state index in [0.717, 1.165) is 23.5 Å². The van der Waals surface area contributed by atoms with Gasteiger partial charge in [-0.25, -0.2) is 4.98 Å². The summed E-state index contributed by atoms with van der Waals surface area (Å²) in [5.41, 5.74) is 1.90. The van der Waals surface area contributed by atoms with Gasteiger partial charge in [0.15, 0.2) is 0 Å². The van der Waals surface area contributed by atoms with Gasteiger partial charge < -0.3 is 4.57 Å². The predicted molar refractivity (Wildman–Crippen MR) is 72.2 cm³/mol. The van der Waals surface area contributed by atoms with E-state index in [1.807, 2.05) is 17.7 Å². The Morgan fingerprint density at radius 2 is 2.28 bits per heavy atom. The average molecular weight is 310 g/mol. The third kappa shape index (κ3) is 2.28. The van der Waals surface area contributed by atoms with Crippen molar-refractivity contribution in [2.45, 2.75) is 18.7 Å². The molecule has 0 atom stereocenters. The van der Waals surface area contributed by atoms with Crippen molar-refractivity contribution in [2.24, 2.45) is 0 Å². The smallest absolute Gasteiger partial charge is 0.269 e. The zero-order chi connectivity index (χ0) is 13.1. The standard InChI is InChI=1S/C12H12BrN3O2/c1-2-12-14-5-6-15(12)11-4-3-10(16(17)18)7-9(11)8-13/h3-7H,2,8H2,1H3. The first-order chi connectivity index (χ1) is 8.67. The summed E-state index contributed by atoms with van der Waals surface area (Å²) in [6.07, 6.45) is 4.41. The van der Waals surface area contributed by atoms with Crippen LogP contribution in [0.3, 0.4) is 0 Å². The van der Waals surface area contributed by atoms with E-state index in [4.69, 9.17) is 0 Å². The number of halogens is 1. The molecule has 0 unspecified atom stereocenters. The second-order valence-corrected chi connectivity index (χ2v) is 4.33. The second-order valence-electron chi connectivity index (χ2n) is 3.77. The molecule has 0 aliphatic rings. The van der Waals surface area contributed by atoms with Crippen molar-refractivity contribution in [3.05, 3.63) is 52.1 Å². The summed E-state index contributed by atoms with van der Waals surface area (Å²) in [6.45, 7) is 2.03. The monoisotopic (exact) mass is 309 g/mol. The number of non-ortho nitro benzene ring substituents is 1. The third-order valence-electron chi connectivity index (χ3n) is 2.71. The molecule has 1 aromatic heterocycles. The first kappa shape index (κ1) is 12.8. The van der Waals surface area contributed by atoms with E-state index in [2.05, 4.69) is 20.9 Å². The molecule has 94 valence electrons. The van der Waals surface area contributed by atoms with Gasteiger partial charge in [-0.05, 0) is 11.6 Å². The Hall–Kier alpha value is -1.69. The fourth-order valence-corrected chi connectivity index (χ4v) is 2.29. The summed E-state index contributed by atoms with van der Waals surface area (Å²) in [4.78, 5) is 14.6. The largest absolute Gasteiger partial charge is 0.303 e. The van der Waals surface area contributed by atoms with Crippen LogP contribution >= 0.6 is 15.9 Å². The maximum absolute atomic E-state index is 10.8. The molecule has 5 nitrogen and oxygen atoms in total. The van der Waals surface area contributed by atoms with Crippen molar-refractivity contribution in [2.75, 3.05) is 0 Å². The number of imidazole rings is 1. The lowest BCUT2D eigenvalue weighted by molar-refractivity contribution is -0.384. The van der Waals surface area contributed by atoms with Crippen molar-refractivity contribution in [3.8, 4) is 5.69 Å². The molecule has 0 N–H and O–H groups in total. The number of rotatable bonds is 4. The van der Waals surface area contributed by atoms with Crippen LogP contribution in [0.25, 0.3) is 5.69 Å². The van der Waals surface area contributed by atoms with Gasteiger partial charge in [0.05, 0.1) is 10.6 Å². The number of alkyl halides is 1. The number of hydrogen-bond donors (Lipinski definition) is 0. The van der Waals surface area contributed by atoms with Gasteiger partial charge in [-0.1, -0.05) is 22.9 Å². The van der Waals surface area contributed by atoms with Crippen molar-refractivity contribution in [3.63, 3.8) is 0 Å². The summed E-state index contributed by atoms with van der Waals surface area (Å²) in [6, 6.07) is 4.86. The van der Waals surface area contributed by atoms with Gasteiger partial charge in [0, 0.05) is 36.3 Å². The zero-order valence-electron chi connectivity index (χ0n) is 9.84. The zero-order valence-corrected chi connectivity index (χ0v) is 11.4. The van der Waals surface area contributed by atoms with Crippen LogP contribution < -0.4 is 0 Å². The maximum Gasteiger partial charge on any atom is 0.269 e. The number of nitro groups is 1. The Balaban J connectivity index is 2.54. The summed E-state index contributed by atoms with van der Waals surface area (Å²) in [7, 11) is 0. The molecule has 0 bridgehead atoms. The normalized spacial score (nSPS) is 10.6. The van der Waals surface area contributed by atoms with Gasteiger partial charge in [-0.2, -0.15) is 0 Å². The van der Waals surface area contributed by atoms with Crippen LogP contribution in [-0.2, 0) is 11.8 Å². The molecule has 0 saturated heterocycles. The minimum absolute atomic E-state index is 0.103. The highest BCUT2D eigenvalue weighted by Gasteiger charge is 2.12. The summed E-state index contributed by atoms with van der Waals surface area (Å²) < 4.78 is 1.96. The quantitative estimate of drug-likeness (QED) is 0.495. The number of nitro benzene ring substituents is 1. The molecule has 0 aliphatic heterocycles. The highest BCUT2D eigenvalue weighted by atomic mass is 79.9. The highest BCUT2D eigenvalue weighted by Crippen LogP contribution is 2.24. The minimum Gasteiger partial charge on any atom is -0.303 e. The van der Waals surface area contributed by atoms with Crippen LogP contribution in [0.5, 0.6) is 0 Å². The first-order valence-corrected chi connectivity index (χ1v) is 6.65. The van der Waals surface area contributed by atoms with Gasteiger partial charge in [-0.15, -0.1) is 0 Å². The molecule has 0 aliphatic carbocycles. The fraction of sp³-hybridized carbons (Fsp3) is 0.250. The maximum atomic E-state index is 10.8. The van der Waals surface area contributed by atoms with Crippen molar-refractivity contribution in [1.82, 2.24) is 9.55 Å². The fourth-order valence-electron chi connectivity index (χ4n) is 1.84. The summed E-state index contributed by atoms with van der Waals surface area (Å²) in [5.74, 6) is 0.936. The first-order valence-electron chi connectivity index (χ1n) is 5.53. The Morgan fingerprint density at radius 1 is 1.50 bits per heavy atom. The number of benzene rings is 1. The van der Waals surface area contributed by atoms with Gasteiger partial charge in [0.2, 0.25) is 0 Å². The van der Waals surface area contributed by atoms with Crippen LogP contribution in [0.4, 0.5) is 5.69 Å². The molecular formula is C12H12BrN3O2. The Kier molecular flexibility index (Phi) is 3.76. The van der Waals surface area contributed by atoms with Gasteiger partial charge in [0.1, 0.15) is 5.82 Å². The summed E-state index contributed by atoms with van der Waals surface area (Å²) in [5, 5.41) is 11.3. The van der Waals surface area contributed by atoms with E-state index >= 15 is 0 Å². The Labute approximate surface area is 113 Å². The van der Waals surface area contributed by atoms with Crippen molar-refractivity contribution < 1.29 is 4.92 Å². The second kappa shape index (κ2) is 5.30. The van der Waals surface area contributed by atoms with Crippen LogP contribution in [0, 0.1) is 10.1 Å². The lowest BCUT2D eigenvalue weighted by Crippen LogP contribution is -2.03. The molecule has 2 aromatic rings. The van der Waals surface area contributed by atoms with E-state index in [-0.39, 0.29) is 10.6 Å². The van der Waals surface area contributed by atoms with E-state index in [1.165, 1.54) is 6.07 Å². The highest BCUT2D eigenvalue weighted by molar-refractivity contribution is 9.08. The van der Waals surface area contributed by atoms with Crippen molar-refractivity contribution in [1.29, 1.82) is 0 Å². The minimum atomic E-state index is -0.384. The van der Waals surface area contributed by atoms with E-state index in [1.54, 1.807) is 18.3 Å². The predicted octanol–water partition coefficient (Wildman–Crippen LogP) is 3.24. The topological polar surface area (TPSA) is 61.0 Å².